The number of rotatable bonds is 6. The standard InChI is InChI=1S/C23H27N3O2/c1-17-6-8-18(9-7-17)22(16-26-10-12-28-13-11-26)25-23(27)14-19-15-24-21-5-3-2-4-20(19)21/h2-9,15,22,24H,10-14,16H2,1H3,(H,25,27)/t22-/m1/s1. The molecule has 0 radical (unpaired) electrons. The molecule has 28 heavy (non-hydrogen) atoms. The van der Waals surface area contributed by atoms with Crippen molar-refractivity contribution in [3.05, 3.63) is 71.4 Å². The number of ether oxygens (including phenoxy) is 1. The Morgan fingerprint density at radius 2 is 1.89 bits per heavy atom. The van der Waals surface area contributed by atoms with Gasteiger partial charge in [0, 0.05) is 36.7 Å². The zero-order chi connectivity index (χ0) is 19.3. The number of benzene rings is 2. The minimum atomic E-state index is -0.0311. The average Bonchev–Trinajstić information content (AvgIpc) is 3.12. The molecule has 146 valence electrons. The monoisotopic (exact) mass is 377 g/mol. The fourth-order valence-corrected chi connectivity index (χ4v) is 3.77. The lowest BCUT2D eigenvalue weighted by atomic mass is 10.0. The van der Waals surface area contributed by atoms with Gasteiger partial charge in [-0.1, -0.05) is 48.0 Å². The summed E-state index contributed by atoms with van der Waals surface area (Å²) in [7, 11) is 0. The summed E-state index contributed by atoms with van der Waals surface area (Å²) in [4.78, 5) is 18.5. The Morgan fingerprint density at radius 3 is 2.68 bits per heavy atom. The van der Waals surface area contributed by atoms with E-state index in [1.807, 2.05) is 24.4 Å². The first kappa shape index (κ1) is 18.7. The number of aromatic amines is 1. The molecule has 0 bridgehead atoms. The first-order valence-electron chi connectivity index (χ1n) is 9.90. The predicted octanol–water partition coefficient (Wildman–Crippen LogP) is 3.21. The van der Waals surface area contributed by atoms with Crippen LogP contribution in [0.25, 0.3) is 10.9 Å². The Hall–Kier alpha value is -2.63. The number of hydrogen-bond acceptors (Lipinski definition) is 3. The van der Waals surface area contributed by atoms with Gasteiger partial charge < -0.3 is 15.0 Å². The van der Waals surface area contributed by atoms with E-state index in [1.165, 1.54) is 5.56 Å². The molecular formula is C23H27N3O2. The lowest BCUT2D eigenvalue weighted by Gasteiger charge is -2.31. The van der Waals surface area contributed by atoms with Gasteiger partial charge >= 0.3 is 0 Å². The van der Waals surface area contributed by atoms with E-state index in [0.717, 1.165) is 54.9 Å². The Bertz CT molecular complexity index is 926. The predicted molar refractivity (Wildman–Crippen MR) is 111 cm³/mol. The smallest absolute Gasteiger partial charge is 0.225 e. The van der Waals surface area contributed by atoms with Gasteiger partial charge in [0.15, 0.2) is 0 Å². The first-order chi connectivity index (χ1) is 13.7. The lowest BCUT2D eigenvalue weighted by molar-refractivity contribution is -0.121. The summed E-state index contributed by atoms with van der Waals surface area (Å²) in [5.41, 5.74) is 4.46. The Labute approximate surface area is 165 Å². The second kappa shape index (κ2) is 8.59. The largest absolute Gasteiger partial charge is 0.379 e. The van der Waals surface area contributed by atoms with Crippen molar-refractivity contribution in [2.45, 2.75) is 19.4 Å². The van der Waals surface area contributed by atoms with Gasteiger partial charge in [-0.05, 0) is 24.1 Å². The number of para-hydroxylation sites is 1. The Morgan fingerprint density at radius 1 is 1.14 bits per heavy atom. The normalized spacial score (nSPS) is 16.2. The first-order valence-corrected chi connectivity index (χ1v) is 9.90. The average molecular weight is 377 g/mol. The summed E-state index contributed by atoms with van der Waals surface area (Å²) in [6.45, 7) is 6.19. The van der Waals surface area contributed by atoms with Crippen LogP contribution in [0.5, 0.6) is 0 Å². The third-order valence-electron chi connectivity index (χ3n) is 5.39. The van der Waals surface area contributed by atoms with Crippen LogP contribution in [0.1, 0.15) is 22.7 Å². The number of hydrogen-bond donors (Lipinski definition) is 2. The van der Waals surface area contributed by atoms with Crippen molar-refractivity contribution in [2.75, 3.05) is 32.8 Å². The molecule has 2 N–H and O–H groups in total. The molecule has 2 aromatic carbocycles. The van der Waals surface area contributed by atoms with Crippen molar-refractivity contribution in [1.82, 2.24) is 15.2 Å². The number of nitrogens with zero attached hydrogens (tertiary/aromatic N) is 1. The molecule has 1 aromatic heterocycles. The lowest BCUT2D eigenvalue weighted by Crippen LogP contribution is -2.43. The molecule has 5 heteroatoms. The number of fused-ring (bicyclic) bond motifs is 1. The molecule has 0 aliphatic carbocycles. The third kappa shape index (κ3) is 4.43. The maximum absolute atomic E-state index is 12.9. The molecule has 3 aromatic rings. The summed E-state index contributed by atoms with van der Waals surface area (Å²) in [5.74, 6) is 0.0450. The highest BCUT2D eigenvalue weighted by Gasteiger charge is 2.20. The zero-order valence-corrected chi connectivity index (χ0v) is 16.3. The fourth-order valence-electron chi connectivity index (χ4n) is 3.77. The van der Waals surface area contributed by atoms with E-state index in [1.54, 1.807) is 0 Å². The number of H-pyrrole nitrogens is 1. The van der Waals surface area contributed by atoms with Crippen molar-refractivity contribution >= 4 is 16.8 Å². The van der Waals surface area contributed by atoms with Crippen molar-refractivity contribution in [3.63, 3.8) is 0 Å². The number of nitrogens with one attached hydrogen (secondary N) is 2. The van der Waals surface area contributed by atoms with Gasteiger partial charge in [0.05, 0.1) is 25.7 Å². The summed E-state index contributed by atoms with van der Waals surface area (Å²) >= 11 is 0. The molecule has 1 aliphatic rings. The second-order valence-electron chi connectivity index (χ2n) is 7.48. The van der Waals surface area contributed by atoms with Gasteiger partial charge in [0.1, 0.15) is 0 Å². The van der Waals surface area contributed by atoms with E-state index >= 15 is 0 Å². The SMILES string of the molecule is Cc1ccc([C@@H](CN2CCOCC2)NC(=O)Cc2c[nH]c3ccccc23)cc1. The van der Waals surface area contributed by atoms with Crippen LogP contribution in [0.2, 0.25) is 0 Å². The number of morpholine rings is 1. The van der Waals surface area contributed by atoms with Gasteiger partial charge in [-0.2, -0.15) is 0 Å². The third-order valence-corrected chi connectivity index (χ3v) is 5.39. The van der Waals surface area contributed by atoms with Gasteiger partial charge in [0.2, 0.25) is 5.91 Å². The Balaban J connectivity index is 1.49. The fraction of sp³-hybridized carbons (Fsp3) is 0.348. The van der Waals surface area contributed by atoms with Crippen molar-refractivity contribution in [3.8, 4) is 0 Å². The van der Waals surface area contributed by atoms with Gasteiger partial charge in [0.25, 0.3) is 0 Å². The van der Waals surface area contributed by atoms with Gasteiger partial charge in [-0.3, -0.25) is 9.69 Å². The molecule has 1 amide bonds. The van der Waals surface area contributed by atoms with Gasteiger partial charge in [-0.15, -0.1) is 0 Å². The van der Waals surface area contributed by atoms with E-state index in [2.05, 4.69) is 52.5 Å². The number of aromatic nitrogens is 1. The molecule has 1 fully saturated rings. The molecule has 0 saturated carbocycles. The molecule has 4 rings (SSSR count). The second-order valence-corrected chi connectivity index (χ2v) is 7.48. The number of carbonyl (C=O) groups is 1. The molecule has 5 nitrogen and oxygen atoms in total. The van der Waals surface area contributed by atoms with E-state index in [-0.39, 0.29) is 11.9 Å². The summed E-state index contributed by atoms with van der Waals surface area (Å²) in [5, 5.41) is 4.38. The zero-order valence-electron chi connectivity index (χ0n) is 16.3. The number of carbonyl (C=O) groups excluding carboxylic acids is 1. The van der Waals surface area contributed by atoms with Crippen LogP contribution in [0.3, 0.4) is 0 Å². The summed E-state index contributed by atoms with van der Waals surface area (Å²) < 4.78 is 5.46. The molecule has 0 unspecified atom stereocenters. The Kier molecular flexibility index (Phi) is 5.74. The van der Waals surface area contributed by atoms with Crippen LogP contribution in [0.4, 0.5) is 0 Å². The highest BCUT2D eigenvalue weighted by molar-refractivity contribution is 5.89. The molecule has 1 atom stereocenters. The van der Waals surface area contributed by atoms with Crippen LogP contribution in [-0.2, 0) is 16.0 Å². The molecule has 2 heterocycles. The minimum absolute atomic E-state index is 0.0311. The van der Waals surface area contributed by atoms with E-state index in [4.69, 9.17) is 4.74 Å². The van der Waals surface area contributed by atoms with E-state index in [0.29, 0.717) is 6.42 Å². The highest BCUT2D eigenvalue weighted by atomic mass is 16.5. The van der Waals surface area contributed by atoms with E-state index in [9.17, 15) is 4.79 Å². The highest BCUT2D eigenvalue weighted by Crippen LogP contribution is 2.20. The summed E-state index contributed by atoms with van der Waals surface area (Å²) in [6, 6.07) is 16.5. The van der Waals surface area contributed by atoms with Crippen molar-refractivity contribution in [2.24, 2.45) is 0 Å². The topological polar surface area (TPSA) is 57.4 Å². The molecular weight excluding hydrogens is 350 g/mol. The number of aryl methyl sites for hydroxylation is 1. The minimum Gasteiger partial charge on any atom is -0.379 e. The molecule has 1 saturated heterocycles. The van der Waals surface area contributed by atoms with Crippen LogP contribution < -0.4 is 5.32 Å². The molecule has 0 spiro atoms. The van der Waals surface area contributed by atoms with Crippen LogP contribution in [0.15, 0.2) is 54.7 Å². The quantitative estimate of drug-likeness (QED) is 0.694. The summed E-state index contributed by atoms with van der Waals surface area (Å²) in [6.07, 6.45) is 2.31. The van der Waals surface area contributed by atoms with Crippen LogP contribution >= 0.6 is 0 Å². The molecule has 1 aliphatic heterocycles. The maximum Gasteiger partial charge on any atom is 0.225 e. The maximum atomic E-state index is 12.9. The van der Waals surface area contributed by atoms with Crippen molar-refractivity contribution < 1.29 is 9.53 Å². The van der Waals surface area contributed by atoms with Crippen LogP contribution in [0, 0.1) is 6.92 Å². The van der Waals surface area contributed by atoms with E-state index < -0.39 is 0 Å². The van der Waals surface area contributed by atoms with Gasteiger partial charge in [-0.25, -0.2) is 0 Å². The van der Waals surface area contributed by atoms with Crippen molar-refractivity contribution in [1.29, 1.82) is 0 Å². The number of amides is 1. The van der Waals surface area contributed by atoms with Crippen LogP contribution in [-0.4, -0.2) is 48.6 Å².